The Morgan fingerprint density at radius 1 is 1.54 bits per heavy atom. The van der Waals surface area contributed by atoms with E-state index in [-0.39, 0.29) is 6.07 Å². The molecule has 0 fully saturated rings. The maximum Gasteiger partial charge on any atom is 0.433 e. The van der Waals surface area contributed by atoms with E-state index in [1.165, 1.54) is 6.19 Å². The molecule has 0 saturated heterocycles. The Balaban J connectivity index is 3.28. The number of halogens is 3. The first-order valence-electron chi connectivity index (χ1n) is 3.01. The van der Waals surface area contributed by atoms with E-state index in [1.54, 1.807) is 0 Å². The molecule has 0 N–H and O–H groups in total. The summed E-state index contributed by atoms with van der Waals surface area (Å²) in [6.45, 7) is 0. The third kappa shape index (κ3) is 1.84. The predicted molar refractivity (Wildman–Crippen MR) is 34.5 cm³/mol. The van der Waals surface area contributed by atoms with E-state index in [9.17, 15) is 18.0 Å². The van der Waals surface area contributed by atoms with Crippen LogP contribution in [-0.2, 0) is 6.18 Å². The minimum absolute atomic E-state index is 0.267. The van der Waals surface area contributed by atoms with Crippen molar-refractivity contribution in [3.8, 4) is 6.19 Å². The van der Waals surface area contributed by atoms with Gasteiger partial charge >= 0.3 is 6.18 Å². The van der Waals surface area contributed by atoms with Crippen molar-refractivity contribution in [2.24, 2.45) is 0 Å². The zero-order valence-electron chi connectivity index (χ0n) is 6.04. The quantitative estimate of drug-likeness (QED) is 0.600. The van der Waals surface area contributed by atoms with Crippen LogP contribution in [-0.4, -0.2) is 9.55 Å². The molecule has 0 atom stereocenters. The summed E-state index contributed by atoms with van der Waals surface area (Å²) in [5.74, 6) is 0. The van der Waals surface area contributed by atoms with Crippen LogP contribution in [0.1, 0.15) is 5.69 Å². The molecular weight excluding hydrogens is 187 g/mol. The maximum absolute atomic E-state index is 11.9. The van der Waals surface area contributed by atoms with Crippen LogP contribution in [0.2, 0.25) is 0 Å². The average molecular weight is 189 g/mol. The van der Waals surface area contributed by atoms with Gasteiger partial charge in [0.2, 0.25) is 0 Å². The number of hydrogen-bond donors (Lipinski definition) is 0. The minimum atomic E-state index is -4.66. The van der Waals surface area contributed by atoms with Crippen LogP contribution in [0, 0.1) is 11.5 Å². The summed E-state index contributed by atoms with van der Waals surface area (Å²) in [6.07, 6.45) is -2.78. The molecule has 4 nitrogen and oxygen atoms in total. The Morgan fingerprint density at radius 2 is 2.15 bits per heavy atom. The van der Waals surface area contributed by atoms with Crippen molar-refractivity contribution in [3.63, 3.8) is 0 Å². The lowest BCUT2D eigenvalue weighted by Gasteiger charge is -2.03. The van der Waals surface area contributed by atoms with E-state index in [2.05, 4.69) is 4.98 Å². The highest BCUT2D eigenvalue weighted by atomic mass is 19.4. The molecule has 0 saturated carbocycles. The summed E-state index contributed by atoms with van der Waals surface area (Å²) >= 11 is 0. The number of hydrogen-bond acceptors (Lipinski definition) is 3. The van der Waals surface area contributed by atoms with Gasteiger partial charge in [0, 0.05) is 6.07 Å². The molecule has 7 heteroatoms. The average Bonchev–Trinajstić information content (AvgIpc) is 2.02. The molecule has 0 aliphatic heterocycles. The highest BCUT2D eigenvalue weighted by Crippen LogP contribution is 2.25. The van der Waals surface area contributed by atoms with Crippen LogP contribution in [0.25, 0.3) is 0 Å². The van der Waals surface area contributed by atoms with Gasteiger partial charge in [-0.2, -0.15) is 18.4 Å². The Labute approximate surface area is 69.9 Å². The van der Waals surface area contributed by atoms with Gasteiger partial charge in [0.05, 0.1) is 0 Å². The largest absolute Gasteiger partial charge is 0.433 e. The second kappa shape index (κ2) is 2.90. The van der Waals surface area contributed by atoms with E-state index >= 15 is 0 Å². The molecule has 0 aliphatic carbocycles. The normalized spacial score (nSPS) is 10.9. The molecule has 1 aromatic heterocycles. The zero-order valence-corrected chi connectivity index (χ0v) is 6.04. The molecule has 0 unspecified atom stereocenters. The molecular formula is C6H2F3N3O. The summed E-state index contributed by atoms with van der Waals surface area (Å²) in [6, 6.07) is 0.267. The summed E-state index contributed by atoms with van der Waals surface area (Å²) in [5.41, 5.74) is -2.35. The lowest BCUT2D eigenvalue weighted by Crippen LogP contribution is -2.20. The first-order valence-corrected chi connectivity index (χ1v) is 3.01. The number of aromatic nitrogens is 2. The third-order valence-corrected chi connectivity index (χ3v) is 1.21. The number of alkyl halides is 3. The lowest BCUT2D eigenvalue weighted by atomic mass is 10.4. The van der Waals surface area contributed by atoms with E-state index in [4.69, 9.17) is 5.26 Å². The van der Waals surface area contributed by atoms with Crippen molar-refractivity contribution in [2.75, 3.05) is 0 Å². The third-order valence-electron chi connectivity index (χ3n) is 1.21. The lowest BCUT2D eigenvalue weighted by molar-refractivity contribution is -0.141. The summed E-state index contributed by atoms with van der Waals surface area (Å²) in [7, 11) is 0. The van der Waals surface area contributed by atoms with Crippen LogP contribution in [0.4, 0.5) is 13.2 Å². The molecule has 0 aromatic carbocycles. The maximum atomic E-state index is 11.9. The van der Waals surface area contributed by atoms with E-state index in [0.29, 0.717) is 10.9 Å². The molecule has 0 radical (unpaired) electrons. The van der Waals surface area contributed by atoms with Gasteiger partial charge in [0.15, 0.2) is 11.9 Å². The number of rotatable bonds is 0. The van der Waals surface area contributed by atoms with Crippen molar-refractivity contribution in [1.29, 1.82) is 5.26 Å². The van der Waals surface area contributed by atoms with Crippen LogP contribution >= 0.6 is 0 Å². The van der Waals surface area contributed by atoms with Crippen LogP contribution in [0.5, 0.6) is 0 Å². The molecule has 0 spiro atoms. The van der Waals surface area contributed by atoms with Crippen LogP contribution < -0.4 is 5.56 Å². The monoisotopic (exact) mass is 189 g/mol. The molecule has 0 bridgehead atoms. The van der Waals surface area contributed by atoms with E-state index < -0.39 is 17.4 Å². The van der Waals surface area contributed by atoms with Gasteiger partial charge in [-0.15, -0.1) is 0 Å². The molecule has 1 aromatic rings. The van der Waals surface area contributed by atoms with Crippen molar-refractivity contribution in [2.45, 2.75) is 6.18 Å². The van der Waals surface area contributed by atoms with Gasteiger partial charge in [-0.25, -0.2) is 9.55 Å². The zero-order chi connectivity index (χ0) is 10.1. The van der Waals surface area contributed by atoms with Gasteiger partial charge < -0.3 is 0 Å². The van der Waals surface area contributed by atoms with Gasteiger partial charge in [0.25, 0.3) is 5.56 Å². The van der Waals surface area contributed by atoms with Crippen LogP contribution in [0.3, 0.4) is 0 Å². The summed E-state index contributed by atoms with van der Waals surface area (Å²) in [4.78, 5) is 13.6. The number of nitrogens with zero attached hydrogens (tertiary/aromatic N) is 3. The SMILES string of the molecule is N#Cn1cnc(C(F)(F)F)cc1=O. The van der Waals surface area contributed by atoms with Crippen LogP contribution in [0.15, 0.2) is 17.2 Å². The van der Waals surface area contributed by atoms with Gasteiger partial charge in [-0.1, -0.05) is 0 Å². The predicted octanol–water partition coefficient (Wildman–Crippen LogP) is 0.591. The second-order valence-corrected chi connectivity index (χ2v) is 2.08. The molecule has 0 aliphatic rings. The van der Waals surface area contributed by atoms with Crippen molar-refractivity contribution >= 4 is 0 Å². The fourth-order valence-electron chi connectivity index (χ4n) is 0.631. The Morgan fingerprint density at radius 3 is 2.54 bits per heavy atom. The van der Waals surface area contributed by atoms with Crippen molar-refractivity contribution in [1.82, 2.24) is 9.55 Å². The highest BCUT2D eigenvalue weighted by molar-refractivity contribution is 5.05. The van der Waals surface area contributed by atoms with Gasteiger partial charge in [-0.05, 0) is 0 Å². The second-order valence-electron chi connectivity index (χ2n) is 2.08. The van der Waals surface area contributed by atoms with Crippen molar-refractivity contribution in [3.05, 3.63) is 28.4 Å². The summed E-state index contributed by atoms with van der Waals surface area (Å²) in [5, 5.41) is 8.20. The summed E-state index contributed by atoms with van der Waals surface area (Å²) < 4.78 is 36.1. The highest BCUT2D eigenvalue weighted by Gasteiger charge is 2.32. The molecule has 1 heterocycles. The topological polar surface area (TPSA) is 58.7 Å². The Hall–Kier alpha value is -1.84. The number of nitriles is 1. The fourth-order valence-corrected chi connectivity index (χ4v) is 0.631. The smallest absolute Gasteiger partial charge is 0.268 e. The van der Waals surface area contributed by atoms with Gasteiger partial charge in [0.1, 0.15) is 6.33 Å². The van der Waals surface area contributed by atoms with E-state index in [1.807, 2.05) is 0 Å². The minimum Gasteiger partial charge on any atom is -0.268 e. The molecule has 13 heavy (non-hydrogen) atoms. The molecule has 68 valence electrons. The van der Waals surface area contributed by atoms with E-state index in [0.717, 1.165) is 0 Å². The first kappa shape index (κ1) is 9.25. The first-order chi connectivity index (χ1) is 5.95. The van der Waals surface area contributed by atoms with Crippen molar-refractivity contribution < 1.29 is 13.2 Å². The standard InChI is InChI=1S/C6H2F3N3O/c7-6(8,9)4-1-5(13)12(2-10)3-11-4/h1,3H. The molecule has 1 rings (SSSR count). The Bertz CT molecular complexity index is 414. The van der Waals surface area contributed by atoms with Gasteiger partial charge in [-0.3, -0.25) is 4.79 Å². The Kier molecular flexibility index (Phi) is 2.06. The molecule has 0 amide bonds. The fraction of sp³-hybridized carbons (Fsp3) is 0.167.